The second-order valence-electron chi connectivity index (χ2n) is 8.72. The molecule has 0 amide bonds. The van der Waals surface area contributed by atoms with Gasteiger partial charge in [0, 0.05) is 31.6 Å². The Bertz CT molecular complexity index is 1730. The van der Waals surface area contributed by atoms with Crippen LogP contribution in [-0.2, 0) is 6.42 Å². The minimum atomic E-state index is 0.825. The molecule has 0 unspecified atom stereocenters. The Morgan fingerprint density at radius 3 is 2.39 bits per heavy atom. The molecule has 2 nitrogen and oxygen atoms in total. The number of nitrogen functional groups attached to an aromatic ring is 1. The summed E-state index contributed by atoms with van der Waals surface area (Å²) in [4.78, 5) is 1.50. The monoisotopic (exact) mass is 442 g/mol. The Morgan fingerprint density at radius 1 is 0.697 bits per heavy atom. The van der Waals surface area contributed by atoms with E-state index in [-0.39, 0.29) is 0 Å². The van der Waals surface area contributed by atoms with Crippen LogP contribution in [0.3, 0.4) is 0 Å². The Balaban J connectivity index is 1.51. The van der Waals surface area contributed by atoms with Gasteiger partial charge in [-0.25, -0.2) is 0 Å². The third kappa shape index (κ3) is 2.73. The average molecular weight is 443 g/mol. The molecule has 1 aliphatic carbocycles. The zero-order valence-electron chi connectivity index (χ0n) is 18.1. The highest BCUT2D eigenvalue weighted by Crippen LogP contribution is 2.42. The molecule has 33 heavy (non-hydrogen) atoms. The molecule has 3 heteroatoms. The minimum Gasteiger partial charge on any atom is -0.398 e. The molecular formula is C30H22N2S. The van der Waals surface area contributed by atoms with Crippen molar-refractivity contribution in [3.05, 3.63) is 107 Å². The standard InChI is InChI=1S/C30H22N2S/c31-24-11-7-14-27-30(24)22-10-2-5-13-26(22)32(27)25-12-4-1-8-20(25)19-16-17-29-23(18-19)21-9-3-6-15-28(21)33-29/h1-15,18H,16-17,31H2. The summed E-state index contributed by atoms with van der Waals surface area (Å²) in [5.74, 6) is 0. The third-order valence-electron chi connectivity index (χ3n) is 6.87. The number of para-hydroxylation sites is 2. The van der Waals surface area contributed by atoms with Gasteiger partial charge in [0.25, 0.3) is 0 Å². The summed E-state index contributed by atoms with van der Waals surface area (Å²) in [5.41, 5.74) is 14.9. The molecule has 0 spiro atoms. The van der Waals surface area contributed by atoms with E-state index in [1.165, 1.54) is 48.3 Å². The van der Waals surface area contributed by atoms with Crippen LogP contribution in [0.1, 0.15) is 22.4 Å². The molecule has 4 aromatic carbocycles. The summed E-state index contributed by atoms with van der Waals surface area (Å²) in [7, 11) is 0. The summed E-state index contributed by atoms with van der Waals surface area (Å²) < 4.78 is 3.77. The van der Waals surface area contributed by atoms with E-state index in [1.807, 2.05) is 17.4 Å². The van der Waals surface area contributed by atoms with Gasteiger partial charge in [-0.2, -0.15) is 0 Å². The van der Waals surface area contributed by atoms with Gasteiger partial charge in [0.2, 0.25) is 0 Å². The first-order valence-corrected chi connectivity index (χ1v) is 12.2. The van der Waals surface area contributed by atoms with E-state index < -0.39 is 0 Å². The van der Waals surface area contributed by atoms with Crippen LogP contribution < -0.4 is 5.73 Å². The number of benzene rings is 4. The Labute approximate surface area is 196 Å². The number of nitrogens with zero attached hydrogens (tertiary/aromatic N) is 1. The average Bonchev–Trinajstić information content (AvgIpc) is 3.40. The number of rotatable bonds is 2. The molecule has 0 radical (unpaired) electrons. The van der Waals surface area contributed by atoms with Gasteiger partial charge < -0.3 is 10.3 Å². The van der Waals surface area contributed by atoms with Gasteiger partial charge in [0.15, 0.2) is 0 Å². The van der Waals surface area contributed by atoms with Crippen LogP contribution >= 0.6 is 11.3 Å². The van der Waals surface area contributed by atoms with Gasteiger partial charge >= 0.3 is 0 Å². The van der Waals surface area contributed by atoms with Crippen molar-refractivity contribution in [1.82, 2.24) is 4.57 Å². The van der Waals surface area contributed by atoms with Crippen LogP contribution in [0, 0.1) is 0 Å². The SMILES string of the molecule is Nc1cccc2c1c1ccccc1n2-c1ccccc1C1=Cc2c(sc3ccccc23)CC1. The summed E-state index contributed by atoms with van der Waals surface area (Å²) in [6.07, 6.45) is 4.57. The van der Waals surface area contributed by atoms with Crippen molar-refractivity contribution in [1.29, 1.82) is 0 Å². The Kier molecular flexibility index (Phi) is 4.02. The molecule has 7 rings (SSSR count). The van der Waals surface area contributed by atoms with Gasteiger partial charge in [0.05, 0.1) is 16.7 Å². The molecule has 2 aromatic heterocycles. The number of allylic oxidation sites excluding steroid dienone is 1. The van der Waals surface area contributed by atoms with E-state index in [0.717, 1.165) is 29.4 Å². The minimum absolute atomic E-state index is 0.825. The van der Waals surface area contributed by atoms with E-state index in [2.05, 4.69) is 95.6 Å². The summed E-state index contributed by atoms with van der Waals surface area (Å²) in [6.45, 7) is 0. The van der Waals surface area contributed by atoms with Gasteiger partial charge in [-0.3, -0.25) is 0 Å². The highest BCUT2D eigenvalue weighted by Gasteiger charge is 2.21. The topological polar surface area (TPSA) is 30.9 Å². The number of aromatic nitrogens is 1. The normalized spacial score (nSPS) is 13.5. The van der Waals surface area contributed by atoms with Crippen molar-refractivity contribution >= 4 is 60.6 Å². The Hall–Kier alpha value is -3.82. The zero-order chi connectivity index (χ0) is 21.9. The van der Waals surface area contributed by atoms with Gasteiger partial charge in [-0.1, -0.05) is 60.7 Å². The summed E-state index contributed by atoms with van der Waals surface area (Å²) >= 11 is 1.94. The fourth-order valence-electron chi connectivity index (χ4n) is 5.41. The number of nitrogens with two attached hydrogens (primary N) is 1. The van der Waals surface area contributed by atoms with Crippen LogP contribution in [-0.4, -0.2) is 4.57 Å². The van der Waals surface area contributed by atoms with Crippen molar-refractivity contribution in [2.24, 2.45) is 0 Å². The molecule has 1 aliphatic rings. The lowest BCUT2D eigenvalue weighted by Gasteiger charge is -2.19. The molecule has 2 N–H and O–H groups in total. The number of aryl methyl sites for hydroxylation is 1. The van der Waals surface area contributed by atoms with Crippen molar-refractivity contribution in [3.8, 4) is 5.69 Å². The number of anilines is 1. The molecule has 0 saturated carbocycles. The molecule has 0 atom stereocenters. The number of thiophene rings is 1. The van der Waals surface area contributed by atoms with E-state index in [0.29, 0.717) is 0 Å². The van der Waals surface area contributed by atoms with Crippen LogP contribution in [0.25, 0.3) is 49.2 Å². The predicted octanol–water partition coefficient (Wildman–Crippen LogP) is 8.07. The lowest BCUT2D eigenvalue weighted by molar-refractivity contribution is 1.03. The van der Waals surface area contributed by atoms with Crippen molar-refractivity contribution in [3.63, 3.8) is 0 Å². The van der Waals surface area contributed by atoms with E-state index in [1.54, 1.807) is 0 Å². The smallest absolute Gasteiger partial charge is 0.0562 e. The third-order valence-corrected chi connectivity index (χ3v) is 8.12. The molecule has 158 valence electrons. The lowest BCUT2D eigenvalue weighted by Crippen LogP contribution is -2.02. The van der Waals surface area contributed by atoms with Gasteiger partial charge in [-0.05, 0) is 65.8 Å². The van der Waals surface area contributed by atoms with E-state index >= 15 is 0 Å². The van der Waals surface area contributed by atoms with E-state index in [9.17, 15) is 0 Å². The zero-order valence-corrected chi connectivity index (χ0v) is 18.9. The highest BCUT2D eigenvalue weighted by molar-refractivity contribution is 7.19. The van der Waals surface area contributed by atoms with Crippen LogP contribution in [0.15, 0.2) is 91.0 Å². The maximum atomic E-state index is 6.47. The predicted molar refractivity (Wildman–Crippen MR) is 143 cm³/mol. The van der Waals surface area contributed by atoms with Gasteiger partial charge in [-0.15, -0.1) is 11.3 Å². The fourth-order valence-corrected chi connectivity index (χ4v) is 6.60. The molecule has 0 bridgehead atoms. The molecule has 0 aliphatic heterocycles. The van der Waals surface area contributed by atoms with Crippen LogP contribution in [0.2, 0.25) is 0 Å². The molecule has 0 saturated heterocycles. The summed E-state index contributed by atoms with van der Waals surface area (Å²) in [6, 6.07) is 32.4. The first-order chi connectivity index (χ1) is 16.3. The quantitative estimate of drug-likeness (QED) is 0.270. The number of hydrogen-bond acceptors (Lipinski definition) is 2. The molecule has 0 fully saturated rings. The first-order valence-electron chi connectivity index (χ1n) is 11.4. The number of hydrogen-bond donors (Lipinski definition) is 1. The Morgan fingerprint density at radius 2 is 1.45 bits per heavy atom. The van der Waals surface area contributed by atoms with Gasteiger partial charge in [0.1, 0.15) is 0 Å². The molecular weight excluding hydrogens is 420 g/mol. The molecule has 2 heterocycles. The lowest BCUT2D eigenvalue weighted by atomic mass is 9.91. The number of fused-ring (bicyclic) bond motifs is 6. The van der Waals surface area contributed by atoms with Crippen LogP contribution in [0.4, 0.5) is 5.69 Å². The maximum absolute atomic E-state index is 6.47. The largest absolute Gasteiger partial charge is 0.398 e. The van der Waals surface area contributed by atoms with E-state index in [4.69, 9.17) is 5.73 Å². The first kappa shape index (κ1) is 18.7. The van der Waals surface area contributed by atoms with Crippen LogP contribution in [0.5, 0.6) is 0 Å². The van der Waals surface area contributed by atoms with Crippen molar-refractivity contribution < 1.29 is 0 Å². The van der Waals surface area contributed by atoms with Crippen molar-refractivity contribution in [2.75, 3.05) is 5.73 Å². The summed E-state index contributed by atoms with van der Waals surface area (Å²) in [5, 5.41) is 3.70. The second kappa shape index (κ2) is 7.09. The van der Waals surface area contributed by atoms with Crippen molar-refractivity contribution in [2.45, 2.75) is 12.8 Å². The molecule has 6 aromatic rings. The second-order valence-corrected chi connectivity index (χ2v) is 9.85. The fraction of sp³-hybridized carbons (Fsp3) is 0.0667. The highest BCUT2D eigenvalue weighted by atomic mass is 32.1. The maximum Gasteiger partial charge on any atom is 0.0562 e.